The van der Waals surface area contributed by atoms with Gasteiger partial charge >= 0.3 is 5.97 Å². The van der Waals surface area contributed by atoms with Crippen LogP contribution < -0.4 is 15.9 Å². The number of nitrogens with two attached hydrogens (primary N) is 1. The lowest BCUT2D eigenvalue weighted by atomic mass is 10.1. The minimum absolute atomic E-state index is 0.0444. The molecule has 3 aromatic rings. The molecule has 0 aliphatic carbocycles. The number of Topliss-reactive ketones (excluding diaryl/α,β-unsaturated/α-hetero) is 1. The number of esters is 1. The lowest BCUT2D eigenvalue weighted by molar-refractivity contribution is -0.111. The first kappa shape index (κ1) is 21.1. The summed E-state index contributed by atoms with van der Waals surface area (Å²) in [5.74, 6) is 4.93. The summed E-state index contributed by atoms with van der Waals surface area (Å²) in [4.78, 5) is 24.8. The number of aryl methyl sites for hydroxylation is 1. The number of hydrogen-bond acceptors (Lipinski definition) is 6. The Balaban J connectivity index is 1.65. The molecule has 0 atom stereocenters. The highest BCUT2D eigenvalue weighted by molar-refractivity contribution is 6.47. The van der Waals surface area contributed by atoms with E-state index < -0.39 is 5.97 Å². The predicted octanol–water partition coefficient (Wildman–Crippen LogP) is 4.21. The van der Waals surface area contributed by atoms with E-state index in [1.807, 2.05) is 31.2 Å². The van der Waals surface area contributed by atoms with E-state index >= 15 is 0 Å². The smallest absolute Gasteiger partial charge is 0.345 e. The van der Waals surface area contributed by atoms with Gasteiger partial charge in [-0.2, -0.15) is 5.10 Å². The van der Waals surface area contributed by atoms with Gasteiger partial charge in [0.05, 0.1) is 17.1 Å². The minimum Gasteiger partial charge on any atom is -0.423 e. The monoisotopic (exact) mass is 421 g/mol. The molecule has 0 spiro atoms. The van der Waals surface area contributed by atoms with Gasteiger partial charge in [-0.25, -0.2) is 4.79 Å². The van der Waals surface area contributed by atoms with Crippen molar-refractivity contribution in [1.82, 2.24) is 0 Å². The molecule has 0 amide bonds. The maximum absolute atomic E-state index is 12.5. The summed E-state index contributed by atoms with van der Waals surface area (Å²) in [5.41, 5.74) is 2.83. The van der Waals surface area contributed by atoms with Crippen molar-refractivity contribution < 1.29 is 14.3 Å². The number of carbonyl (C=O) groups is 2. The van der Waals surface area contributed by atoms with Gasteiger partial charge in [0.15, 0.2) is 0 Å². The molecule has 152 valence electrons. The fraction of sp³-hybridized carbons (Fsp3) is 0.0870. The van der Waals surface area contributed by atoms with Gasteiger partial charge in [0, 0.05) is 11.3 Å². The maximum Gasteiger partial charge on any atom is 0.345 e. The zero-order valence-corrected chi connectivity index (χ0v) is 17.0. The Morgan fingerprint density at radius 3 is 2.43 bits per heavy atom. The fourth-order valence-corrected chi connectivity index (χ4v) is 3.01. The first-order valence-corrected chi connectivity index (χ1v) is 9.54. The first-order chi connectivity index (χ1) is 14.5. The average molecular weight is 422 g/mol. The Hall–Kier alpha value is -3.64. The van der Waals surface area contributed by atoms with E-state index in [2.05, 4.69) is 10.4 Å². The number of nitrogens with zero attached hydrogens (tertiary/aromatic N) is 1. The van der Waals surface area contributed by atoms with Crippen molar-refractivity contribution in [2.24, 2.45) is 10.9 Å². The molecule has 3 aromatic carbocycles. The molecule has 7 heteroatoms. The summed E-state index contributed by atoms with van der Waals surface area (Å²) in [6.07, 6.45) is 0. The van der Waals surface area contributed by atoms with Crippen molar-refractivity contribution >= 4 is 34.8 Å². The zero-order valence-electron chi connectivity index (χ0n) is 16.3. The van der Waals surface area contributed by atoms with Gasteiger partial charge in [0.1, 0.15) is 11.5 Å². The van der Waals surface area contributed by atoms with Crippen molar-refractivity contribution in [3.05, 3.63) is 94.5 Å². The van der Waals surface area contributed by atoms with Crippen LogP contribution in [0.2, 0.25) is 5.02 Å². The molecule has 3 N–H and O–H groups in total. The SMILES string of the molecule is Cc1cccc(NCC(=O)/C(=N/N)c2ccc(OC(=O)c3ccccc3Cl)cc2)c1. The molecule has 0 saturated heterocycles. The first-order valence-electron chi connectivity index (χ1n) is 9.16. The Labute approximate surface area is 179 Å². The number of hydrazone groups is 1. The van der Waals surface area contributed by atoms with Gasteiger partial charge in [-0.15, -0.1) is 0 Å². The van der Waals surface area contributed by atoms with Crippen molar-refractivity contribution in [1.29, 1.82) is 0 Å². The minimum atomic E-state index is -0.570. The number of hydrogen-bond donors (Lipinski definition) is 2. The van der Waals surface area contributed by atoms with E-state index in [4.69, 9.17) is 22.2 Å². The van der Waals surface area contributed by atoms with Crippen LogP contribution in [0.15, 0.2) is 77.9 Å². The van der Waals surface area contributed by atoms with E-state index in [1.54, 1.807) is 48.5 Å². The van der Waals surface area contributed by atoms with E-state index in [0.717, 1.165) is 11.3 Å². The van der Waals surface area contributed by atoms with E-state index in [0.29, 0.717) is 16.3 Å². The fourth-order valence-electron chi connectivity index (χ4n) is 2.80. The van der Waals surface area contributed by atoms with Crippen LogP contribution in [0.4, 0.5) is 5.69 Å². The highest BCUT2D eigenvalue weighted by Gasteiger charge is 2.16. The van der Waals surface area contributed by atoms with Crippen LogP contribution >= 0.6 is 11.6 Å². The highest BCUT2D eigenvalue weighted by atomic mass is 35.5. The number of benzene rings is 3. The molecule has 0 saturated carbocycles. The van der Waals surface area contributed by atoms with Crippen LogP contribution in [0.25, 0.3) is 0 Å². The molecule has 0 aliphatic heterocycles. The normalized spacial score (nSPS) is 11.1. The molecular weight excluding hydrogens is 402 g/mol. The van der Waals surface area contributed by atoms with E-state index in [1.165, 1.54) is 0 Å². The van der Waals surface area contributed by atoms with Crippen molar-refractivity contribution in [3.8, 4) is 5.75 Å². The number of anilines is 1. The van der Waals surface area contributed by atoms with Crippen LogP contribution in [-0.2, 0) is 4.79 Å². The Kier molecular flexibility index (Phi) is 6.83. The molecule has 0 radical (unpaired) electrons. The predicted molar refractivity (Wildman–Crippen MR) is 118 cm³/mol. The number of nitrogens with one attached hydrogen (secondary N) is 1. The van der Waals surface area contributed by atoms with Crippen molar-refractivity contribution in [2.45, 2.75) is 6.92 Å². The molecule has 6 nitrogen and oxygen atoms in total. The van der Waals surface area contributed by atoms with Gasteiger partial charge in [-0.1, -0.05) is 35.9 Å². The van der Waals surface area contributed by atoms with Gasteiger partial charge < -0.3 is 15.9 Å². The molecular formula is C23H20ClN3O3. The van der Waals surface area contributed by atoms with Crippen LogP contribution in [0.5, 0.6) is 5.75 Å². The third kappa shape index (κ3) is 5.24. The zero-order chi connectivity index (χ0) is 21.5. The summed E-state index contributed by atoms with van der Waals surface area (Å²) in [7, 11) is 0. The van der Waals surface area contributed by atoms with Crippen LogP contribution in [0.3, 0.4) is 0 Å². The van der Waals surface area contributed by atoms with Gasteiger partial charge in [0.2, 0.25) is 5.78 Å². The number of ether oxygens (including phenoxy) is 1. The average Bonchev–Trinajstić information content (AvgIpc) is 2.74. The van der Waals surface area contributed by atoms with Gasteiger partial charge in [-0.3, -0.25) is 4.79 Å². The second kappa shape index (κ2) is 9.71. The summed E-state index contributed by atoms with van der Waals surface area (Å²) in [5, 5.41) is 7.01. The third-order valence-corrected chi connectivity index (χ3v) is 4.63. The van der Waals surface area contributed by atoms with Crippen LogP contribution in [0, 0.1) is 6.92 Å². The summed E-state index contributed by atoms with van der Waals surface area (Å²) >= 11 is 6.01. The molecule has 0 aliphatic rings. The van der Waals surface area contributed by atoms with Crippen LogP contribution in [-0.4, -0.2) is 24.0 Å². The summed E-state index contributed by atoms with van der Waals surface area (Å²) in [6.45, 7) is 2.02. The van der Waals surface area contributed by atoms with Crippen LogP contribution in [0.1, 0.15) is 21.5 Å². The van der Waals surface area contributed by atoms with E-state index in [-0.39, 0.29) is 23.6 Å². The molecule has 0 fully saturated rings. The molecule has 3 rings (SSSR count). The van der Waals surface area contributed by atoms with Gasteiger partial charge in [-0.05, 0) is 61.0 Å². The second-order valence-electron chi connectivity index (χ2n) is 6.52. The Morgan fingerprint density at radius 2 is 1.77 bits per heavy atom. The molecule has 0 heterocycles. The largest absolute Gasteiger partial charge is 0.423 e. The molecule has 0 unspecified atom stereocenters. The Bertz CT molecular complexity index is 1090. The quantitative estimate of drug-likeness (QED) is 0.196. The number of halogens is 1. The van der Waals surface area contributed by atoms with Crippen molar-refractivity contribution in [3.63, 3.8) is 0 Å². The van der Waals surface area contributed by atoms with E-state index in [9.17, 15) is 9.59 Å². The number of ketones is 1. The molecule has 0 aromatic heterocycles. The third-order valence-electron chi connectivity index (χ3n) is 4.30. The van der Waals surface area contributed by atoms with Gasteiger partial charge in [0.25, 0.3) is 0 Å². The maximum atomic E-state index is 12.5. The summed E-state index contributed by atoms with van der Waals surface area (Å²) in [6, 6.07) is 20.7. The molecule has 30 heavy (non-hydrogen) atoms. The second-order valence-corrected chi connectivity index (χ2v) is 6.92. The summed E-state index contributed by atoms with van der Waals surface area (Å²) < 4.78 is 5.33. The number of carbonyl (C=O) groups excluding carboxylic acids is 2. The number of rotatable bonds is 7. The molecule has 0 bridgehead atoms. The topological polar surface area (TPSA) is 93.8 Å². The Morgan fingerprint density at radius 1 is 1.03 bits per heavy atom. The highest BCUT2D eigenvalue weighted by Crippen LogP contribution is 2.19. The van der Waals surface area contributed by atoms with Crippen molar-refractivity contribution in [2.75, 3.05) is 11.9 Å². The standard InChI is InChI=1S/C23H20ClN3O3/c1-15-5-4-6-17(13-15)26-14-21(28)22(27-25)16-9-11-18(12-10-16)30-23(29)19-7-2-3-8-20(19)24/h2-13,26H,14,25H2,1H3/b27-22+. The lowest BCUT2D eigenvalue weighted by Crippen LogP contribution is -2.25. The lowest BCUT2D eigenvalue weighted by Gasteiger charge is -2.09.